The smallest absolute Gasteiger partial charge is 0.394 e. The minimum Gasteiger partial charge on any atom is -0.394 e. The molecule has 1 N–H and O–H groups in total. The maximum atomic E-state index is 14.1. The Morgan fingerprint density at radius 1 is 0.971 bits per heavy atom. The second kappa shape index (κ2) is 9.33. The van der Waals surface area contributed by atoms with Crippen molar-refractivity contribution in [2.75, 3.05) is 0 Å². The molecule has 0 bridgehead atoms. The Labute approximate surface area is 192 Å². The van der Waals surface area contributed by atoms with Gasteiger partial charge in [0.2, 0.25) is 0 Å². The summed E-state index contributed by atoms with van der Waals surface area (Å²) in [5, 5.41) is 1.13. The van der Waals surface area contributed by atoms with E-state index in [0.29, 0.717) is 17.7 Å². The van der Waals surface area contributed by atoms with E-state index in [4.69, 9.17) is 5.11 Å². The van der Waals surface area contributed by atoms with Gasteiger partial charge in [0.25, 0.3) is 10.0 Å². The third-order valence-corrected chi connectivity index (χ3v) is 7.98. The molecule has 1 aromatic carbocycles. The highest BCUT2D eigenvalue weighted by atomic mass is 32.3. The summed E-state index contributed by atoms with van der Waals surface area (Å²) >= 11 is -4.42. The summed E-state index contributed by atoms with van der Waals surface area (Å²) in [4.78, 5) is 3.94. The lowest BCUT2D eigenvalue weighted by Crippen LogP contribution is -2.50. The lowest BCUT2D eigenvalue weighted by molar-refractivity contribution is -0.293. The van der Waals surface area contributed by atoms with Crippen LogP contribution in [-0.2, 0) is 35.3 Å². The van der Waals surface area contributed by atoms with Gasteiger partial charge in [0.15, 0.2) is 0 Å². The van der Waals surface area contributed by atoms with E-state index in [1.807, 2.05) is 0 Å². The van der Waals surface area contributed by atoms with E-state index in [1.54, 1.807) is 6.08 Å². The largest absolute Gasteiger partial charge is 0.519 e. The summed E-state index contributed by atoms with van der Waals surface area (Å²) in [6.45, 7) is 0. The molecule has 0 saturated carbocycles. The van der Waals surface area contributed by atoms with Gasteiger partial charge in [-0.25, -0.2) is 8.42 Å². The van der Waals surface area contributed by atoms with E-state index in [2.05, 4.69) is 13.4 Å². The van der Waals surface area contributed by atoms with Crippen molar-refractivity contribution < 1.29 is 69.8 Å². The number of allylic oxidation sites excluding steroid dienone is 1. The highest BCUT2D eigenvalue weighted by molar-refractivity contribution is 8.02. The number of sulfonamides is 1. The van der Waals surface area contributed by atoms with Crippen LogP contribution in [0.2, 0.25) is 0 Å². The Kier molecular flexibility index (Phi) is 7.73. The molecule has 1 aromatic rings. The lowest BCUT2D eigenvalue weighted by atomic mass is 10.1. The highest BCUT2D eigenvalue weighted by Crippen LogP contribution is 2.43. The number of benzene rings is 1. The fourth-order valence-electron chi connectivity index (χ4n) is 1.99. The highest BCUT2D eigenvalue weighted by Gasteiger charge is 2.69. The minimum atomic E-state index is -7.74. The fraction of sp³-hybridized carbons (Fsp3) is 0.357. The van der Waals surface area contributed by atoms with Crippen molar-refractivity contribution in [3.63, 3.8) is 0 Å². The molecule has 0 radical (unpaired) electrons. The molecule has 0 aromatic heterocycles. The van der Waals surface area contributed by atoms with Crippen molar-refractivity contribution in [1.82, 2.24) is 0 Å². The predicted molar refractivity (Wildman–Crippen MR) is 99.2 cm³/mol. The fourth-order valence-corrected chi connectivity index (χ4v) is 5.42. The third kappa shape index (κ3) is 6.13. The summed E-state index contributed by atoms with van der Waals surface area (Å²) in [5.74, 6) is -0.729. The molecule has 0 saturated heterocycles. The number of rotatable bonds is 9. The van der Waals surface area contributed by atoms with Crippen LogP contribution in [-0.4, -0.2) is 50.0 Å². The summed E-state index contributed by atoms with van der Waals surface area (Å²) in [7, 11) is -15.2. The van der Waals surface area contributed by atoms with E-state index in [-0.39, 0.29) is 0 Å². The molecule has 1 aliphatic rings. The average Bonchev–Trinajstić information content (AvgIpc) is 3.20. The van der Waals surface area contributed by atoms with Crippen molar-refractivity contribution in [1.29, 1.82) is 0 Å². The minimum absolute atomic E-state index is 0.389. The van der Waals surface area contributed by atoms with Gasteiger partial charge in [-0.2, -0.15) is 52.1 Å². The number of hydrogen-bond donors (Lipinski definition) is 1. The van der Waals surface area contributed by atoms with Gasteiger partial charge in [0.1, 0.15) is 5.75 Å². The van der Waals surface area contributed by atoms with Gasteiger partial charge in [-0.15, -0.1) is 0 Å². The summed E-state index contributed by atoms with van der Waals surface area (Å²) in [6.07, 6.45) is -3.22. The van der Waals surface area contributed by atoms with Crippen LogP contribution in [0, 0.1) is 0 Å². The van der Waals surface area contributed by atoms with Gasteiger partial charge in [-0.05, 0) is 29.8 Å². The molecule has 0 fully saturated rings. The first-order chi connectivity index (χ1) is 15.6. The maximum absolute atomic E-state index is 14.1. The number of aliphatic imine (C=N–C) groups is 1. The molecule has 21 heteroatoms. The van der Waals surface area contributed by atoms with Crippen molar-refractivity contribution >= 4 is 36.8 Å². The maximum Gasteiger partial charge on any atom is 0.519 e. The zero-order valence-electron chi connectivity index (χ0n) is 16.1. The Balaban J connectivity index is 2.43. The first kappa shape index (κ1) is 29.0. The van der Waals surface area contributed by atoms with E-state index in [9.17, 15) is 56.3 Å². The molecule has 2 atom stereocenters. The molecule has 1 heterocycles. The molecule has 0 amide bonds. The number of nitrogens with zero attached hydrogens (tertiary/aromatic N) is 2. The van der Waals surface area contributed by atoms with Crippen molar-refractivity contribution in [3.8, 4) is 5.75 Å². The first-order valence-corrected chi connectivity index (χ1v) is 12.2. The zero-order valence-corrected chi connectivity index (χ0v) is 18.5. The summed E-state index contributed by atoms with van der Waals surface area (Å²) in [6, 6.07) is 4.12. The molecule has 2 rings (SSSR count). The molecule has 1 aliphatic heterocycles. The van der Waals surface area contributed by atoms with E-state index >= 15 is 0 Å². The number of halogens is 9. The average molecular weight is 584 g/mol. The standard InChI is InChI=1S/C14H9F9N2O7S3/c15-11(16,26)12(17,18)35(30,25-34(28,29)13(19,20)21)32-14(22,23)33(27)31-9-5-3-8(4-6-9)10-2-1-7-24-10/h1,3-7,26H,2H2. The van der Waals surface area contributed by atoms with Gasteiger partial charge < -0.3 is 9.29 Å². The Morgan fingerprint density at radius 3 is 1.94 bits per heavy atom. The Morgan fingerprint density at radius 2 is 1.51 bits per heavy atom. The van der Waals surface area contributed by atoms with Gasteiger partial charge in [-0.1, -0.05) is 9.84 Å². The summed E-state index contributed by atoms with van der Waals surface area (Å²) in [5.41, 5.74) is -11.7. The number of aliphatic hydroxyl groups is 1. The molecule has 198 valence electrons. The van der Waals surface area contributed by atoms with Crippen LogP contribution in [0.1, 0.15) is 12.0 Å². The van der Waals surface area contributed by atoms with Gasteiger partial charge in [0.05, 0.1) is 5.71 Å². The summed E-state index contributed by atoms with van der Waals surface area (Å²) < 4.78 is 172. The molecule has 2 unspecified atom stereocenters. The van der Waals surface area contributed by atoms with Gasteiger partial charge >= 0.3 is 43.4 Å². The third-order valence-electron chi connectivity index (χ3n) is 3.57. The zero-order chi connectivity index (χ0) is 27.1. The first-order valence-electron chi connectivity index (χ1n) is 8.21. The topological polar surface area (TPSA) is 132 Å². The van der Waals surface area contributed by atoms with Crippen molar-refractivity contribution in [2.24, 2.45) is 8.76 Å². The lowest BCUT2D eigenvalue weighted by Gasteiger charge is -2.26. The molecule has 0 aliphatic carbocycles. The second-order valence-electron chi connectivity index (χ2n) is 6.08. The van der Waals surface area contributed by atoms with E-state index in [0.717, 1.165) is 15.9 Å². The van der Waals surface area contributed by atoms with E-state index < -0.39 is 59.2 Å². The number of hydrogen-bond acceptors (Lipinski definition) is 8. The van der Waals surface area contributed by atoms with Crippen LogP contribution in [0.5, 0.6) is 5.75 Å². The normalized spacial score (nSPS) is 18.1. The van der Waals surface area contributed by atoms with Crippen LogP contribution >= 0.6 is 0 Å². The van der Waals surface area contributed by atoms with Crippen LogP contribution < -0.4 is 4.18 Å². The number of alkyl halides is 9. The quantitative estimate of drug-likeness (QED) is 0.440. The molecule has 0 spiro atoms. The van der Waals surface area contributed by atoms with Crippen LogP contribution in [0.25, 0.3) is 0 Å². The van der Waals surface area contributed by atoms with Crippen molar-refractivity contribution in [3.05, 3.63) is 42.1 Å². The Hall–Kier alpha value is -2.23. The van der Waals surface area contributed by atoms with Crippen molar-refractivity contribution in [2.45, 2.75) is 28.7 Å². The molecule has 9 nitrogen and oxygen atoms in total. The molecular weight excluding hydrogens is 575 g/mol. The molecule has 35 heavy (non-hydrogen) atoms. The Bertz CT molecular complexity index is 1280. The van der Waals surface area contributed by atoms with E-state index in [1.165, 1.54) is 18.3 Å². The monoisotopic (exact) mass is 584 g/mol. The second-order valence-corrected chi connectivity index (χ2v) is 10.8. The predicted octanol–water partition coefficient (Wildman–Crippen LogP) is 3.41. The van der Waals surface area contributed by atoms with Crippen LogP contribution in [0.15, 0.2) is 45.3 Å². The van der Waals surface area contributed by atoms with Crippen LogP contribution in [0.3, 0.4) is 0 Å². The van der Waals surface area contributed by atoms with Gasteiger partial charge in [0, 0.05) is 12.6 Å². The SMILES string of the molecule is O=S(Oc1ccc(C2=NC=CC2)cc1)C(F)(F)OS(=O)(=NS(=O)(=O)C(F)(F)F)C(F)(F)C(O)(F)F. The molecular formula is C14H9F9N2O7S3. The van der Waals surface area contributed by atoms with Gasteiger partial charge in [-0.3, -0.25) is 4.99 Å². The van der Waals surface area contributed by atoms with Crippen LogP contribution in [0.4, 0.5) is 39.5 Å².